The molecule has 1 saturated heterocycles. The molecule has 0 saturated carbocycles. The van der Waals surface area contributed by atoms with Crippen LogP contribution in [0.3, 0.4) is 0 Å². The van der Waals surface area contributed by atoms with Crippen LogP contribution in [0, 0.1) is 0 Å². The van der Waals surface area contributed by atoms with Crippen molar-refractivity contribution >= 4 is 37.2 Å². The first-order valence-electron chi connectivity index (χ1n) is 5.61. The molecule has 0 aliphatic carbocycles. The van der Waals surface area contributed by atoms with E-state index in [-0.39, 0.29) is 27.7 Å². The van der Waals surface area contributed by atoms with E-state index in [0.29, 0.717) is 0 Å². The Balaban J connectivity index is 2.41. The maximum absolute atomic E-state index is 12.3. The average molecular weight is 339 g/mol. The zero-order chi connectivity index (χ0) is 15.1. The second kappa shape index (κ2) is 5.01. The number of halogens is 1. The number of aromatic carboxylic acids is 1. The summed E-state index contributed by atoms with van der Waals surface area (Å²) >= 11 is 5.73. The molecule has 0 spiro atoms. The van der Waals surface area contributed by atoms with E-state index in [1.54, 1.807) is 0 Å². The van der Waals surface area contributed by atoms with Crippen LogP contribution in [0.2, 0.25) is 5.02 Å². The lowest BCUT2D eigenvalue weighted by atomic mass is 10.2. The number of carbonyl (C=O) groups is 1. The van der Waals surface area contributed by atoms with Gasteiger partial charge in [-0.15, -0.1) is 0 Å². The van der Waals surface area contributed by atoms with E-state index < -0.39 is 36.6 Å². The Hall–Kier alpha value is -1.12. The zero-order valence-corrected chi connectivity index (χ0v) is 12.5. The van der Waals surface area contributed by atoms with Crippen molar-refractivity contribution in [2.45, 2.75) is 16.6 Å². The first-order chi connectivity index (χ1) is 9.13. The predicted octanol–water partition coefficient (Wildman–Crippen LogP) is 0.999. The van der Waals surface area contributed by atoms with Gasteiger partial charge in [0.1, 0.15) is 0 Å². The molecule has 0 bridgehead atoms. The molecule has 1 aromatic rings. The third-order valence-corrected chi connectivity index (χ3v) is 7.61. The van der Waals surface area contributed by atoms with Gasteiger partial charge in [-0.3, -0.25) is 0 Å². The number of hydrogen-bond donors (Lipinski definition) is 1. The van der Waals surface area contributed by atoms with Gasteiger partial charge >= 0.3 is 5.97 Å². The van der Waals surface area contributed by atoms with Crippen molar-refractivity contribution < 1.29 is 26.7 Å². The highest BCUT2D eigenvalue weighted by Gasteiger charge is 2.38. The number of hydrogen-bond acceptors (Lipinski definition) is 5. The minimum Gasteiger partial charge on any atom is -0.478 e. The molecule has 2 rings (SSSR count). The van der Waals surface area contributed by atoms with Crippen LogP contribution in [0.1, 0.15) is 16.8 Å². The highest BCUT2D eigenvalue weighted by molar-refractivity contribution is 7.96. The fourth-order valence-corrected chi connectivity index (χ4v) is 6.75. The van der Waals surface area contributed by atoms with Gasteiger partial charge in [-0.2, -0.15) is 0 Å². The van der Waals surface area contributed by atoms with Gasteiger partial charge in [-0.25, -0.2) is 21.6 Å². The molecule has 110 valence electrons. The van der Waals surface area contributed by atoms with Crippen molar-refractivity contribution in [3.8, 4) is 0 Å². The maximum Gasteiger partial charge on any atom is 0.337 e. The molecule has 0 radical (unpaired) electrons. The second-order valence-electron chi connectivity index (χ2n) is 4.52. The van der Waals surface area contributed by atoms with E-state index in [0.717, 1.165) is 18.2 Å². The fraction of sp³-hybridized carbons (Fsp3) is 0.364. The Morgan fingerprint density at radius 1 is 1.35 bits per heavy atom. The topological polar surface area (TPSA) is 106 Å². The van der Waals surface area contributed by atoms with Crippen LogP contribution in [-0.4, -0.2) is 44.7 Å². The van der Waals surface area contributed by atoms with Crippen LogP contribution in [0.25, 0.3) is 0 Å². The number of rotatable bonds is 3. The molecule has 1 aliphatic rings. The molecule has 6 nitrogen and oxygen atoms in total. The van der Waals surface area contributed by atoms with Gasteiger partial charge < -0.3 is 5.11 Å². The summed E-state index contributed by atoms with van der Waals surface area (Å²) in [5.74, 6) is -1.83. The molecular formula is C11H11ClO6S2. The number of benzene rings is 1. The van der Waals surface area contributed by atoms with E-state index in [9.17, 15) is 21.6 Å². The van der Waals surface area contributed by atoms with Crippen LogP contribution >= 0.6 is 11.6 Å². The molecular weight excluding hydrogens is 328 g/mol. The van der Waals surface area contributed by atoms with Crippen molar-refractivity contribution in [2.24, 2.45) is 0 Å². The van der Waals surface area contributed by atoms with Crippen molar-refractivity contribution in [3.05, 3.63) is 28.8 Å². The first-order valence-corrected chi connectivity index (χ1v) is 9.35. The third-order valence-electron chi connectivity index (χ3n) is 3.13. The van der Waals surface area contributed by atoms with Crippen LogP contribution < -0.4 is 0 Å². The Bertz CT molecular complexity index is 766. The summed E-state index contributed by atoms with van der Waals surface area (Å²) < 4.78 is 47.3. The molecule has 20 heavy (non-hydrogen) atoms. The Morgan fingerprint density at radius 3 is 2.45 bits per heavy atom. The Labute approximate surface area is 121 Å². The van der Waals surface area contributed by atoms with Crippen molar-refractivity contribution in [1.29, 1.82) is 0 Å². The molecule has 0 aromatic heterocycles. The zero-order valence-electron chi connectivity index (χ0n) is 10.1. The van der Waals surface area contributed by atoms with Crippen LogP contribution in [0.5, 0.6) is 0 Å². The first kappa shape index (κ1) is 15.3. The molecule has 1 aromatic carbocycles. The van der Waals surface area contributed by atoms with Crippen LogP contribution in [0.15, 0.2) is 23.1 Å². The number of carboxylic acids is 1. The van der Waals surface area contributed by atoms with Gasteiger partial charge in [-0.1, -0.05) is 11.6 Å². The summed E-state index contributed by atoms with van der Waals surface area (Å²) in [5, 5.41) is 7.63. The lowest BCUT2D eigenvalue weighted by Gasteiger charge is -2.11. The predicted molar refractivity (Wildman–Crippen MR) is 72.7 cm³/mol. The van der Waals surface area contributed by atoms with Crippen molar-refractivity contribution in [3.63, 3.8) is 0 Å². The molecule has 0 amide bonds. The largest absolute Gasteiger partial charge is 0.478 e. The molecule has 1 heterocycles. The number of carboxylic acid groups (broad SMARTS) is 1. The summed E-state index contributed by atoms with van der Waals surface area (Å²) in [4.78, 5) is 10.7. The summed E-state index contributed by atoms with van der Waals surface area (Å²) in [7, 11) is -7.16. The minimum atomic E-state index is -3.83. The summed E-state index contributed by atoms with van der Waals surface area (Å²) in [5.41, 5.74) is -0.204. The van der Waals surface area contributed by atoms with Crippen LogP contribution in [0.4, 0.5) is 0 Å². The highest BCUT2D eigenvalue weighted by Crippen LogP contribution is 2.28. The summed E-state index contributed by atoms with van der Waals surface area (Å²) in [6.07, 6.45) is 0.0446. The van der Waals surface area contributed by atoms with Crippen LogP contribution in [-0.2, 0) is 19.7 Å². The Kier molecular flexibility index (Phi) is 3.83. The van der Waals surface area contributed by atoms with E-state index in [2.05, 4.69) is 0 Å². The van der Waals surface area contributed by atoms with Gasteiger partial charge in [0.05, 0.1) is 32.2 Å². The lowest BCUT2D eigenvalue weighted by Crippen LogP contribution is -2.22. The van der Waals surface area contributed by atoms with Crippen molar-refractivity contribution in [2.75, 3.05) is 11.5 Å². The van der Waals surface area contributed by atoms with Gasteiger partial charge in [0.25, 0.3) is 0 Å². The van der Waals surface area contributed by atoms with E-state index >= 15 is 0 Å². The molecule has 1 fully saturated rings. The van der Waals surface area contributed by atoms with Gasteiger partial charge in [0.2, 0.25) is 0 Å². The smallest absolute Gasteiger partial charge is 0.337 e. The maximum atomic E-state index is 12.3. The molecule has 9 heteroatoms. The SMILES string of the molecule is O=C(O)c1ccc(S(=O)(=O)C2CCS(=O)(=O)C2)cc1Cl. The highest BCUT2D eigenvalue weighted by atomic mass is 35.5. The quantitative estimate of drug-likeness (QED) is 0.881. The Morgan fingerprint density at radius 2 is 2.00 bits per heavy atom. The van der Waals surface area contributed by atoms with Gasteiger partial charge in [0, 0.05) is 0 Å². The molecule has 1 N–H and O–H groups in total. The monoisotopic (exact) mass is 338 g/mol. The minimum absolute atomic E-state index is 0.0446. The third kappa shape index (κ3) is 2.82. The lowest BCUT2D eigenvalue weighted by molar-refractivity contribution is 0.0697. The van der Waals surface area contributed by atoms with E-state index in [1.807, 2.05) is 0 Å². The molecule has 1 aliphatic heterocycles. The fourth-order valence-electron chi connectivity index (χ4n) is 2.04. The van der Waals surface area contributed by atoms with Gasteiger partial charge in [0.15, 0.2) is 19.7 Å². The summed E-state index contributed by atoms with van der Waals surface area (Å²) in [6.45, 7) is 0. The van der Waals surface area contributed by atoms with E-state index in [4.69, 9.17) is 16.7 Å². The molecule has 1 atom stereocenters. The average Bonchev–Trinajstić information content (AvgIpc) is 2.69. The molecule has 1 unspecified atom stereocenters. The standard InChI is InChI=1S/C11H11ClO6S2/c12-10-5-7(1-2-9(10)11(13)14)20(17,18)8-3-4-19(15,16)6-8/h1-2,5,8H,3-4,6H2,(H,13,14). The van der Waals surface area contributed by atoms with Gasteiger partial charge in [-0.05, 0) is 24.6 Å². The van der Waals surface area contributed by atoms with Crippen molar-refractivity contribution in [1.82, 2.24) is 0 Å². The number of sulfone groups is 2. The second-order valence-corrected chi connectivity index (χ2v) is 9.38. The summed E-state index contributed by atoms with van der Waals surface area (Å²) in [6, 6.07) is 3.28. The van der Waals surface area contributed by atoms with E-state index in [1.165, 1.54) is 0 Å². The normalized spacial score (nSPS) is 21.8.